The molecule has 0 spiro atoms. The van der Waals surface area contributed by atoms with Gasteiger partial charge in [0.25, 0.3) is 5.91 Å². The zero-order valence-corrected chi connectivity index (χ0v) is 10.3. The number of carbonyl (C=O) groups is 1. The van der Waals surface area contributed by atoms with Crippen molar-refractivity contribution in [3.8, 4) is 5.75 Å². The number of amides is 1. The van der Waals surface area contributed by atoms with Gasteiger partial charge in [0.2, 0.25) is 0 Å². The molecule has 0 radical (unpaired) electrons. The largest absolute Gasteiger partial charge is 0.507 e. The van der Waals surface area contributed by atoms with Crippen molar-refractivity contribution in [2.45, 2.75) is 33.2 Å². The minimum absolute atomic E-state index is 0.00910. The van der Waals surface area contributed by atoms with Crippen LogP contribution in [0, 0.1) is 11.7 Å². The van der Waals surface area contributed by atoms with Gasteiger partial charge in [-0.25, -0.2) is 4.39 Å². The molecule has 0 heterocycles. The molecule has 94 valence electrons. The maximum atomic E-state index is 13.0. The molecule has 17 heavy (non-hydrogen) atoms. The van der Waals surface area contributed by atoms with E-state index in [0.29, 0.717) is 5.92 Å². The molecule has 1 aromatic rings. The van der Waals surface area contributed by atoms with Gasteiger partial charge in [-0.1, -0.05) is 13.8 Å². The first kappa shape index (κ1) is 13.5. The van der Waals surface area contributed by atoms with Gasteiger partial charge in [-0.05, 0) is 37.5 Å². The van der Waals surface area contributed by atoms with Gasteiger partial charge in [-0.3, -0.25) is 4.79 Å². The Morgan fingerprint density at radius 1 is 1.41 bits per heavy atom. The fraction of sp³-hybridized carbons (Fsp3) is 0.462. The lowest BCUT2D eigenvalue weighted by Crippen LogP contribution is -2.33. The van der Waals surface area contributed by atoms with E-state index in [0.717, 1.165) is 18.6 Å². The number of nitrogens with one attached hydrogen (secondary N) is 1. The Hall–Kier alpha value is -1.58. The normalized spacial score (nSPS) is 12.5. The number of benzene rings is 1. The lowest BCUT2D eigenvalue weighted by molar-refractivity contribution is 0.0933. The van der Waals surface area contributed by atoms with E-state index in [2.05, 4.69) is 19.2 Å². The fourth-order valence-corrected chi connectivity index (χ4v) is 1.76. The predicted molar refractivity (Wildman–Crippen MR) is 64.4 cm³/mol. The molecular weight excluding hydrogens is 221 g/mol. The maximum Gasteiger partial charge on any atom is 0.255 e. The van der Waals surface area contributed by atoms with Crippen molar-refractivity contribution in [3.05, 3.63) is 29.6 Å². The molecule has 0 fully saturated rings. The second-order valence-corrected chi connectivity index (χ2v) is 4.67. The lowest BCUT2D eigenvalue weighted by Gasteiger charge is -2.16. The first-order valence-corrected chi connectivity index (χ1v) is 5.69. The smallest absolute Gasteiger partial charge is 0.255 e. The molecule has 0 aliphatic rings. The summed E-state index contributed by atoms with van der Waals surface area (Å²) < 4.78 is 13.0. The molecule has 1 unspecified atom stereocenters. The molecule has 0 aromatic heterocycles. The van der Waals surface area contributed by atoms with Crippen molar-refractivity contribution in [1.29, 1.82) is 0 Å². The van der Waals surface area contributed by atoms with Crippen LogP contribution in [0.5, 0.6) is 5.75 Å². The molecule has 2 N–H and O–H groups in total. The van der Waals surface area contributed by atoms with E-state index in [1.165, 1.54) is 6.07 Å². The molecule has 0 bridgehead atoms. The van der Waals surface area contributed by atoms with Gasteiger partial charge >= 0.3 is 0 Å². The Kier molecular flexibility index (Phi) is 4.49. The fourth-order valence-electron chi connectivity index (χ4n) is 1.76. The van der Waals surface area contributed by atoms with Crippen LogP contribution in [-0.2, 0) is 0 Å². The Balaban J connectivity index is 2.73. The summed E-state index contributed by atoms with van der Waals surface area (Å²) in [6, 6.07) is 3.32. The van der Waals surface area contributed by atoms with Gasteiger partial charge in [0.1, 0.15) is 11.6 Å². The van der Waals surface area contributed by atoms with Crippen LogP contribution >= 0.6 is 0 Å². The molecule has 0 saturated heterocycles. The van der Waals surface area contributed by atoms with E-state index in [1.807, 2.05) is 6.92 Å². The van der Waals surface area contributed by atoms with E-state index in [-0.39, 0.29) is 17.4 Å². The SMILES string of the molecule is CC(C)CC(C)NC(=O)c1cc(F)ccc1O. The molecule has 0 aliphatic carbocycles. The summed E-state index contributed by atoms with van der Waals surface area (Å²) in [7, 11) is 0. The summed E-state index contributed by atoms with van der Waals surface area (Å²) in [5.41, 5.74) is -0.0272. The Bertz CT molecular complexity index is 404. The zero-order valence-electron chi connectivity index (χ0n) is 10.3. The first-order chi connectivity index (χ1) is 7.90. The van der Waals surface area contributed by atoms with Crippen LogP contribution in [0.3, 0.4) is 0 Å². The quantitative estimate of drug-likeness (QED) is 0.848. The van der Waals surface area contributed by atoms with Gasteiger partial charge in [0.05, 0.1) is 5.56 Å². The summed E-state index contributed by atoms with van der Waals surface area (Å²) >= 11 is 0. The Labute approximate surface area is 101 Å². The van der Waals surface area contributed by atoms with E-state index in [4.69, 9.17) is 0 Å². The van der Waals surface area contributed by atoms with Crippen LogP contribution in [0.15, 0.2) is 18.2 Å². The summed E-state index contributed by atoms with van der Waals surface area (Å²) in [6.45, 7) is 6.00. The van der Waals surface area contributed by atoms with Crippen LogP contribution in [0.4, 0.5) is 4.39 Å². The highest BCUT2D eigenvalue weighted by molar-refractivity contribution is 5.96. The topological polar surface area (TPSA) is 49.3 Å². The number of halogens is 1. The van der Waals surface area contributed by atoms with Crippen molar-refractivity contribution >= 4 is 5.91 Å². The molecule has 1 rings (SSSR count). The van der Waals surface area contributed by atoms with E-state index < -0.39 is 11.7 Å². The number of rotatable bonds is 4. The highest BCUT2D eigenvalue weighted by Gasteiger charge is 2.15. The minimum atomic E-state index is -0.538. The summed E-state index contributed by atoms with van der Waals surface area (Å²) in [6.07, 6.45) is 0.835. The Morgan fingerprint density at radius 2 is 2.06 bits per heavy atom. The number of phenolic OH excluding ortho intramolecular Hbond substituents is 1. The number of phenols is 1. The monoisotopic (exact) mass is 239 g/mol. The number of aromatic hydroxyl groups is 1. The lowest BCUT2D eigenvalue weighted by atomic mass is 10.0. The molecule has 1 aromatic carbocycles. The van der Waals surface area contributed by atoms with Gasteiger partial charge in [-0.2, -0.15) is 0 Å². The summed E-state index contributed by atoms with van der Waals surface area (Å²) in [5.74, 6) is -0.730. The van der Waals surface area contributed by atoms with Crippen LogP contribution < -0.4 is 5.32 Å². The third-order valence-electron chi connectivity index (χ3n) is 2.41. The van der Waals surface area contributed by atoms with E-state index in [9.17, 15) is 14.3 Å². The van der Waals surface area contributed by atoms with Crippen molar-refractivity contribution in [1.82, 2.24) is 5.32 Å². The highest BCUT2D eigenvalue weighted by Crippen LogP contribution is 2.18. The van der Waals surface area contributed by atoms with Gasteiger partial charge in [0, 0.05) is 6.04 Å². The molecular formula is C13H18FNO2. The van der Waals surface area contributed by atoms with Crippen molar-refractivity contribution in [3.63, 3.8) is 0 Å². The standard InChI is InChI=1S/C13H18FNO2/c1-8(2)6-9(3)15-13(17)11-7-10(14)4-5-12(11)16/h4-5,7-9,16H,6H2,1-3H3,(H,15,17). The second kappa shape index (κ2) is 5.66. The molecule has 1 amide bonds. The first-order valence-electron chi connectivity index (χ1n) is 5.69. The zero-order chi connectivity index (χ0) is 13.0. The van der Waals surface area contributed by atoms with Crippen molar-refractivity contribution in [2.75, 3.05) is 0 Å². The van der Waals surface area contributed by atoms with Gasteiger partial charge < -0.3 is 10.4 Å². The van der Waals surface area contributed by atoms with Crippen molar-refractivity contribution < 1.29 is 14.3 Å². The summed E-state index contributed by atoms with van der Waals surface area (Å²) in [5, 5.41) is 12.2. The van der Waals surface area contributed by atoms with Crippen molar-refractivity contribution in [2.24, 2.45) is 5.92 Å². The molecule has 0 saturated carbocycles. The number of hydrogen-bond donors (Lipinski definition) is 2. The summed E-state index contributed by atoms with van der Waals surface area (Å²) in [4.78, 5) is 11.8. The van der Waals surface area contributed by atoms with Crippen LogP contribution in [0.2, 0.25) is 0 Å². The molecule has 3 nitrogen and oxygen atoms in total. The minimum Gasteiger partial charge on any atom is -0.507 e. The second-order valence-electron chi connectivity index (χ2n) is 4.67. The van der Waals surface area contributed by atoms with Gasteiger partial charge in [-0.15, -0.1) is 0 Å². The van der Waals surface area contributed by atoms with Crippen LogP contribution in [0.1, 0.15) is 37.6 Å². The average Bonchev–Trinajstić information content (AvgIpc) is 2.20. The predicted octanol–water partition coefficient (Wildman–Crippen LogP) is 2.70. The average molecular weight is 239 g/mol. The van der Waals surface area contributed by atoms with Crippen LogP contribution in [-0.4, -0.2) is 17.1 Å². The van der Waals surface area contributed by atoms with Crippen LogP contribution in [0.25, 0.3) is 0 Å². The van der Waals surface area contributed by atoms with E-state index >= 15 is 0 Å². The molecule has 0 aliphatic heterocycles. The van der Waals surface area contributed by atoms with E-state index in [1.54, 1.807) is 0 Å². The Morgan fingerprint density at radius 3 is 2.65 bits per heavy atom. The highest BCUT2D eigenvalue weighted by atomic mass is 19.1. The number of hydrogen-bond acceptors (Lipinski definition) is 2. The van der Waals surface area contributed by atoms with Gasteiger partial charge in [0.15, 0.2) is 0 Å². The third-order valence-corrected chi connectivity index (χ3v) is 2.41. The maximum absolute atomic E-state index is 13.0. The number of carbonyl (C=O) groups excluding carboxylic acids is 1. The molecule has 4 heteroatoms. The third kappa shape index (κ3) is 4.06. The molecule has 1 atom stereocenters.